The van der Waals surface area contributed by atoms with Gasteiger partial charge in [-0.15, -0.1) is 0 Å². The zero-order chi connectivity index (χ0) is 19.2. The summed E-state index contributed by atoms with van der Waals surface area (Å²) in [6.07, 6.45) is 0.739. The first kappa shape index (κ1) is 17.9. The second kappa shape index (κ2) is 8.01. The van der Waals surface area contributed by atoms with Crippen LogP contribution in [0.5, 0.6) is 0 Å². The van der Waals surface area contributed by atoms with Crippen LogP contribution >= 0.6 is 0 Å². The lowest BCUT2D eigenvalue weighted by Crippen LogP contribution is -2.13. The average Bonchev–Trinajstić information content (AvgIpc) is 2.67. The average molecular weight is 362 g/mol. The van der Waals surface area contributed by atoms with Crippen LogP contribution < -0.4 is 16.9 Å². The number of ether oxygens (including phenoxy) is 1. The highest BCUT2D eigenvalue weighted by Gasteiger charge is 2.07. The predicted molar refractivity (Wildman–Crippen MR) is 104 cm³/mol. The molecule has 7 heteroatoms. The van der Waals surface area contributed by atoms with Gasteiger partial charge in [-0.25, -0.2) is 4.79 Å². The van der Waals surface area contributed by atoms with Crippen LogP contribution in [0.4, 0.5) is 10.5 Å². The van der Waals surface area contributed by atoms with Crippen molar-refractivity contribution in [1.82, 2.24) is 0 Å². The highest BCUT2D eigenvalue weighted by atomic mass is 16.5. The number of carbonyl (C=O) groups excluding carboxylic acids is 2. The molecule has 0 aliphatic heterocycles. The number of rotatable bonds is 5. The molecule has 0 unspecified atom stereocenters. The summed E-state index contributed by atoms with van der Waals surface area (Å²) in [6.45, 7) is 0.0682. The Balaban J connectivity index is 1.71. The van der Waals surface area contributed by atoms with Crippen LogP contribution in [-0.2, 0) is 11.3 Å². The highest BCUT2D eigenvalue weighted by Crippen LogP contribution is 2.21. The summed E-state index contributed by atoms with van der Waals surface area (Å²) in [5, 5.41) is 8.39. The number of carbonyl (C=O) groups is 2. The number of fused-ring (bicyclic) bond motifs is 1. The molecule has 3 rings (SSSR count). The van der Waals surface area contributed by atoms with Gasteiger partial charge in [-0.1, -0.05) is 30.3 Å². The van der Waals surface area contributed by atoms with Crippen molar-refractivity contribution >= 4 is 34.7 Å². The van der Waals surface area contributed by atoms with Gasteiger partial charge in [-0.05, 0) is 52.2 Å². The van der Waals surface area contributed by atoms with Gasteiger partial charge >= 0.3 is 6.09 Å². The van der Waals surface area contributed by atoms with E-state index < -0.39 is 6.09 Å². The number of nitrogens with two attached hydrogens (primary N) is 2. The maximum atomic E-state index is 12.4. The standard InChI is InChI=1S/C20H18N4O3/c21-20(26)27-12-13-1-4-15(5-2-13)19(25)24-18-8-7-16-9-14(11-23-22)3-6-17(16)10-18/h1-11H,12,22H2,(H2,21,26)(H,24,25)/b23-11+. The molecule has 0 fully saturated rings. The Bertz CT molecular complexity index is 1010. The van der Waals surface area contributed by atoms with Crippen molar-refractivity contribution in [2.45, 2.75) is 6.61 Å². The van der Waals surface area contributed by atoms with Crippen LogP contribution in [0.25, 0.3) is 10.8 Å². The number of nitrogens with zero attached hydrogens (tertiary/aromatic N) is 1. The number of primary amides is 1. The van der Waals surface area contributed by atoms with Crippen LogP contribution in [0, 0.1) is 0 Å². The number of hydrazone groups is 1. The van der Waals surface area contributed by atoms with Crippen LogP contribution in [0.15, 0.2) is 65.8 Å². The van der Waals surface area contributed by atoms with E-state index in [4.69, 9.17) is 16.3 Å². The van der Waals surface area contributed by atoms with Gasteiger partial charge in [0.15, 0.2) is 0 Å². The largest absolute Gasteiger partial charge is 0.445 e. The Morgan fingerprint density at radius 1 is 1.00 bits per heavy atom. The summed E-state index contributed by atoms with van der Waals surface area (Å²) in [5.41, 5.74) is 7.76. The van der Waals surface area contributed by atoms with Crippen molar-refractivity contribution in [1.29, 1.82) is 0 Å². The fourth-order valence-corrected chi connectivity index (χ4v) is 2.62. The lowest BCUT2D eigenvalue weighted by atomic mass is 10.1. The second-order valence-corrected chi connectivity index (χ2v) is 5.86. The Labute approximate surface area is 155 Å². The van der Waals surface area contributed by atoms with Crippen molar-refractivity contribution < 1.29 is 14.3 Å². The third-order valence-electron chi connectivity index (χ3n) is 3.94. The molecule has 0 saturated heterocycles. The topological polar surface area (TPSA) is 120 Å². The molecule has 0 aromatic heterocycles. The van der Waals surface area contributed by atoms with Crippen LogP contribution in [0.1, 0.15) is 21.5 Å². The molecule has 136 valence electrons. The SMILES string of the molecule is N/N=C/c1ccc2cc(NC(=O)c3ccc(COC(N)=O)cc3)ccc2c1. The first-order chi connectivity index (χ1) is 13.0. The lowest BCUT2D eigenvalue weighted by molar-refractivity contribution is 0.102. The van der Waals surface area contributed by atoms with Crippen molar-refractivity contribution in [3.05, 3.63) is 77.4 Å². The van der Waals surface area contributed by atoms with E-state index in [1.165, 1.54) is 0 Å². The minimum atomic E-state index is -0.837. The van der Waals surface area contributed by atoms with Crippen LogP contribution in [0.2, 0.25) is 0 Å². The zero-order valence-electron chi connectivity index (χ0n) is 14.4. The van der Waals surface area contributed by atoms with E-state index in [9.17, 15) is 9.59 Å². The van der Waals surface area contributed by atoms with E-state index in [0.717, 1.165) is 21.9 Å². The maximum absolute atomic E-state index is 12.4. The third-order valence-corrected chi connectivity index (χ3v) is 3.94. The van der Waals surface area contributed by atoms with Gasteiger partial charge in [-0.3, -0.25) is 4.79 Å². The Morgan fingerprint density at radius 2 is 1.70 bits per heavy atom. The normalized spacial score (nSPS) is 10.8. The highest BCUT2D eigenvalue weighted by molar-refractivity contribution is 6.05. The molecule has 7 nitrogen and oxygen atoms in total. The Hall–Kier alpha value is -3.87. The molecule has 3 aromatic rings. The third kappa shape index (κ3) is 4.60. The summed E-state index contributed by atoms with van der Waals surface area (Å²) in [4.78, 5) is 23.0. The molecule has 0 aliphatic rings. The second-order valence-electron chi connectivity index (χ2n) is 5.86. The van der Waals surface area contributed by atoms with Gasteiger partial charge in [0.05, 0.1) is 6.21 Å². The molecule has 0 atom stereocenters. The number of hydrogen-bond donors (Lipinski definition) is 3. The molecule has 3 aromatic carbocycles. The van der Waals surface area contributed by atoms with E-state index in [2.05, 4.69) is 10.4 Å². The van der Waals surface area contributed by atoms with Crippen molar-refractivity contribution in [2.24, 2.45) is 16.7 Å². The van der Waals surface area contributed by atoms with Gasteiger partial charge < -0.3 is 21.6 Å². The molecular formula is C20H18N4O3. The molecular weight excluding hydrogens is 344 g/mol. The summed E-state index contributed by atoms with van der Waals surface area (Å²) in [5.74, 6) is 4.94. The number of hydrogen-bond acceptors (Lipinski definition) is 5. The maximum Gasteiger partial charge on any atom is 0.404 e. The Morgan fingerprint density at radius 3 is 2.41 bits per heavy atom. The molecule has 0 spiro atoms. The van der Waals surface area contributed by atoms with Crippen molar-refractivity contribution in [2.75, 3.05) is 5.32 Å². The van der Waals surface area contributed by atoms with Crippen molar-refractivity contribution in [3.8, 4) is 0 Å². The number of nitrogens with one attached hydrogen (secondary N) is 1. The molecule has 0 saturated carbocycles. The van der Waals surface area contributed by atoms with Gasteiger partial charge in [0.2, 0.25) is 0 Å². The molecule has 0 aliphatic carbocycles. The molecule has 0 radical (unpaired) electrons. The van der Waals surface area contributed by atoms with Crippen LogP contribution in [0.3, 0.4) is 0 Å². The molecule has 5 N–H and O–H groups in total. The lowest BCUT2D eigenvalue weighted by Gasteiger charge is -2.08. The van der Waals surface area contributed by atoms with Gasteiger partial charge in [0.25, 0.3) is 5.91 Å². The van der Waals surface area contributed by atoms with Crippen molar-refractivity contribution in [3.63, 3.8) is 0 Å². The minimum Gasteiger partial charge on any atom is -0.445 e. The van der Waals surface area contributed by atoms with Gasteiger partial charge in [0, 0.05) is 11.3 Å². The summed E-state index contributed by atoms with van der Waals surface area (Å²) in [7, 11) is 0. The predicted octanol–water partition coefficient (Wildman–Crippen LogP) is 2.98. The van der Waals surface area contributed by atoms with E-state index >= 15 is 0 Å². The summed E-state index contributed by atoms with van der Waals surface area (Å²) < 4.78 is 4.71. The monoisotopic (exact) mass is 362 g/mol. The first-order valence-electron chi connectivity index (χ1n) is 8.15. The van der Waals surface area contributed by atoms with Crippen LogP contribution in [-0.4, -0.2) is 18.2 Å². The number of amides is 2. The summed E-state index contributed by atoms with van der Waals surface area (Å²) >= 11 is 0. The summed E-state index contributed by atoms with van der Waals surface area (Å²) in [6, 6.07) is 18.2. The molecule has 27 heavy (non-hydrogen) atoms. The Kier molecular flexibility index (Phi) is 5.32. The van der Waals surface area contributed by atoms with E-state index in [-0.39, 0.29) is 12.5 Å². The van der Waals surface area contributed by atoms with E-state index in [1.54, 1.807) is 30.5 Å². The fraction of sp³-hybridized carbons (Fsp3) is 0.0500. The zero-order valence-corrected chi connectivity index (χ0v) is 14.4. The first-order valence-corrected chi connectivity index (χ1v) is 8.15. The minimum absolute atomic E-state index is 0.0682. The fourth-order valence-electron chi connectivity index (χ4n) is 2.62. The van der Waals surface area contributed by atoms with Gasteiger partial charge in [0.1, 0.15) is 6.61 Å². The number of benzene rings is 3. The number of anilines is 1. The quantitative estimate of drug-likeness (QED) is 0.367. The van der Waals surface area contributed by atoms with E-state index in [0.29, 0.717) is 11.3 Å². The molecule has 2 amide bonds. The molecule has 0 bridgehead atoms. The molecule has 0 heterocycles. The smallest absolute Gasteiger partial charge is 0.404 e. The van der Waals surface area contributed by atoms with E-state index in [1.807, 2.05) is 36.4 Å². The van der Waals surface area contributed by atoms with Gasteiger partial charge in [-0.2, -0.15) is 5.10 Å².